The zero-order chi connectivity index (χ0) is 11.4. The maximum absolute atomic E-state index is 11.8. The molecular formula is C10H14N4O. The van der Waals surface area contributed by atoms with Crippen LogP contribution in [0.4, 0.5) is 0 Å². The van der Waals surface area contributed by atoms with Crippen LogP contribution in [0.15, 0.2) is 12.4 Å². The maximum atomic E-state index is 11.8. The molecule has 0 fully saturated rings. The molecule has 80 valence electrons. The SMILES string of the molecule is CC(CC#N)N(C)C(=O)c1cnn(C)c1. The van der Waals surface area contributed by atoms with E-state index in [2.05, 4.69) is 5.10 Å². The van der Waals surface area contributed by atoms with Gasteiger partial charge in [0.25, 0.3) is 5.91 Å². The van der Waals surface area contributed by atoms with E-state index in [0.717, 1.165) is 0 Å². The van der Waals surface area contributed by atoms with Crippen LogP contribution < -0.4 is 0 Å². The number of nitriles is 1. The van der Waals surface area contributed by atoms with Gasteiger partial charge in [0, 0.05) is 26.3 Å². The van der Waals surface area contributed by atoms with E-state index in [1.54, 1.807) is 29.9 Å². The van der Waals surface area contributed by atoms with Gasteiger partial charge in [-0.25, -0.2) is 0 Å². The Hall–Kier alpha value is -1.83. The van der Waals surface area contributed by atoms with Gasteiger partial charge < -0.3 is 4.90 Å². The number of amides is 1. The molecule has 0 aliphatic heterocycles. The van der Waals surface area contributed by atoms with Crippen LogP contribution in [0.5, 0.6) is 0 Å². The summed E-state index contributed by atoms with van der Waals surface area (Å²) in [6.07, 6.45) is 3.53. The third-order valence-electron chi connectivity index (χ3n) is 2.32. The van der Waals surface area contributed by atoms with Gasteiger partial charge in [-0.15, -0.1) is 0 Å². The fourth-order valence-corrected chi connectivity index (χ4v) is 1.20. The highest BCUT2D eigenvalue weighted by Crippen LogP contribution is 2.07. The van der Waals surface area contributed by atoms with Gasteiger partial charge in [-0.3, -0.25) is 9.48 Å². The highest BCUT2D eigenvalue weighted by atomic mass is 16.2. The van der Waals surface area contributed by atoms with Crippen LogP contribution >= 0.6 is 0 Å². The second-order valence-corrected chi connectivity index (χ2v) is 3.53. The fourth-order valence-electron chi connectivity index (χ4n) is 1.20. The van der Waals surface area contributed by atoms with Crippen LogP contribution in [0.2, 0.25) is 0 Å². The van der Waals surface area contributed by atoms with Gasteiger partial charge in [-0.2, -0.15) is 10.4 Å². The first kappa shape index (κ1) is 11.2. The van der Waals surface area contributed by atoms with Gasteiger partial charge in [0.05, 0.1) is 24.3 Å². The lowest BCUT2D eigenvalue weighted by Crippen LogP contribution is -2.34. The number of aromatic nitrogens is 2. The molecule has 0 spiro atoms. The third kappa shape index (κ3) is 2.56. The summed E-state index contributed by atoms with van der Waals surface area (Å²) >= 11 is 0. The van der Waals surface area contributed by atoms with Gasteiger partial charge in [0.15, 0.2) is 0 Å². The van der Waals surface area contributed by atoms with Crippen molar-refractivity contribution in [3.63, 3.8) is 0 Å². The van der Waals surface area contributed by atoms with E-state index in [1.165, 1.54) is 6.20 Å². The van der Waals surface area contributed by atoms with E-state index in [4.69, 9.17) is 5.26 Å². The molecule has 1 heterocycles. The van der Waals surface area contributed by atoms with E-state index in [1.807, 2.05) is 13.0 Å². The van der Waals surface area contributed by atoms with Crippen molar-refractivity contribution in [2.24, 2.45) is 7.05 Å². The van der Waals surface area contributed by atoms with Crippen LogP contribution in [-0.4, -0.2) is 33.7 Å². The highest BCUT2D eigenvalue weighted by Gasteiger charge is 2.18. The number of hydrogen-bond donors (Lipinski definition) is 0. The Morgan fingerprint density at radius 3 is 2.93 bits per heavy atom. The molecule has 5 nitrogen and oxygen atoms in total. The van der Waals surface area contributed by atoms with Crippen LogP contribution in [0.3, 0.4) is 0 Å². The van der Waals surface area contributed by atoms with Crippen molar-refractivity contribution in [1.29, 1.82) is 5.26 Å². The highest BCUT2D eigenvalue weighted by molar-refractivity contribution is 5.93. The molecule has 15 heavy (non-hydrogen) atoms. The molecule has 0 saturated heterocycles. The molecule has 1 rings (SSSR count). The Kier molecular flexibility index (Phi) is 3.45. The van der Waals surface area contributed by atoms with Crippen LogP contribution in [0, 0.1) is 11.3 Å². The number of nitrogens with zero attached hydrogens (tertiary/aromatic N) is 4. The molecule has 5 heteroatoms. The minimum Gasteiger partial charge on any atom is -0.338 e. The van der Waals surface area contributed by atoms with E-state index >= 15 is 0 Å². The van der Waals surface area contributed by atoms with Crippen molar-refractivity contribution in [2.45, 2.75) is 19.4 Å². The van der Waals surface area contributed by atoms with E-state index in [-0.39, 0.29) is 11.9 Å². The molecular weight excluding hydrogens is 192 g/mol. The molecule has 0 bridgehead atoms. The molecule has 0 radical (unpaired) electrons. The van der Waals surface area contributed by atoms with Crippen LogP contribution in [0.25, 0.3) is 0 Å². The lowest BCUT2D eigenvalue weighted by molar-refractivity contribution is 0.0746. The normalized spacial score (nSPS) is 11.9. The van der Waals surface area contributed by atoms with Gasteiger partial charge in [0.1, 0.15) is 0 Å². The lowest BCUT2D eigenvalue weighted by atomic mass is 10.2. The summed E-state index contributed by atoms with van der Waals surface area (Å²) in [4.78, 5) is 13.4. The third-order valence-corrected chi connectivity index (χ3v) is 2.32. The van der Waals surface area contributed by atoms with Crippen molar-refractivity contribution in [1.82, 2.24) is 14.7 Å². The molecule has 1 amide bonds. The second kappa shape index (κ2) is 4.60. The topological polar surface area (TPSA) is 61.9 Å². The molecule has 0 aliphatic rings. The summed E-state index contributed by atoms with van der Waals surface area (Å²) in [5.74, 6) is -0.106. The first-order valence-electron chi connectivity index (χ1n) is 4.69. The van der Waals surface area contributed by atoms with Gasteiger partial charge in [0.2, 0.25) is 0 Å². The number of aryl methyl sites for hydroxylation is 1. The minimum absolute atomic E-state index is 0.0808. The maximum Gasteiger partial charge on any atom is 0.257 e. The number of rotatable bonds is 3. The first-order valence-corrected chi connectivity index (χ1v) is 4.69. The zero-order valence-electron chi connectivity index (χ0n) is 9.14. The Labute approximate surface area is 88.9 Å². The quantitative estimate of drug-likeness (QED) is 0.734. The van der Waals surface area contributed by atoms with Crippen molar-refractivity contribution < 1.29 is 4.79 Å². The lowest BCUT2D eigenvalue weighted by Gasteiger charge is -2.22. The van der Waals surface area contributed by atoms with E-state index in [0.29, 0.717) is 12.0 Å². The second-order valence-electron chi connectivity index (χ2n) is 3.53. The molecule has 0 saturated carbocycles. The Balaban J connectivity index is 2.73. The van der Waals surface area contributed by atoms with Gasteiger partial charge >= 0.3 is 0 Å². The van der Waals surface area contributed by atoms with Crippen molar-refractivity contribution in [3.05, 3.63) is 18.0 Å². The fraction of sp³-hybridized carbons (Fsp3) is 0.500. The van der Waals surface area contributed by atoms with Crippen molar-refractivity contribution >= 4 is 5.91 Å². The summed E-state index contributed by atoms with van der Waals surface area (Å²) in [6.45, 7) is 1.84. The van der Waals surface area contributed by atoms with E-state index in [9.17, 15) is 4.79 Å². The molecule has 0 N–H and O–H groups in total. The van der Waals surface area contributed by atoms with Gasteiger partial charge in [-0.05, 0) is 6.92 Å². The molecule has 1 unspecified atom stereocenters. The van der Waals surface area contributed by atoms with Crippen molar-refractivity contribution in [2.75, 3.05) is 7.05 Å². The summed E-state index contributed by atoms with van der Waals surface area (Å²) < 4.78 is 1.58. The van der Waals surface area contributed by atoms with E-state index < -0.39 is 0 Å². The molecule has 0 aliphatic carbocycles. The predicted octanol–water partition coefficient (Wildman–Crippen LogP) is 0.794. The Bertz CT molecular complexity index is 390. The van der Waals surface area contributed by atoms with Crippen molar-refractivity contribution in [3.8, 4) is 6.07 Å². The van der Waals surface area contributed by atoms with Gasteiger partial charge in [-0.1, -0.05) is 0 Å². The molecule has 0 aromatic carbocycles. The average Bonchev–Trinajstić information content (AvgIpc) is 2.63. The average molecular weight is 206 g/mol. The summed E-state index contributed by atoms with van der Waals surface area (Å²) in [7, 11) is 3.45. The number of carbonyl (C=O) groups is 1. The largest absolute Gasteiger partial charge is 0.338 e. The minimum atomic E-state index is -0.106. The smallest absolute Gasteiger partial charge is 0.257 e. The summed E-state index contributed by atoms with van der Waals surface area (Å²) in [5.41, 5.74) is 0.546. The molecule has 1 aromatic rings. The molecule has 1 atom stereocenters. The zero-order valence-corrected chi connectivity index (χ0v) is 9.14. The monoisotopic (exact) mass is 206 g/mol. The number of carbonyl (C=O) groups excluding carboxylic acids is 1. The standard InChI is InChI=1S/C10H14N4O/c1-8(4-5-11)14(3)10(15)9-6-12-13(2)7-9/h6-8H,4H2,1-3H3. The van der Waals surface area contributed by atoms with Crippen LogP contribution in [0.1, 0.15) is 23.7 Å². The first-order chi connectivity index (χ1) is 7.06. The Morgan fingerprint density at radius 1 is 1.80 bits per heavy atom. The predicted molar refractivity (Wildman–Crippen MR) is 55.0 cm³/mol. The molecule has 1 aromatic heterocycles. The summed E-state index contributed by atoms with van der Waals surface area (Å²) in [6, 6.07) is 1.96. The van der Waals surface area contributed by atoms with Crippen LogP contribution in [-0.2, 0) is 7.05 Å². The number of hydrogen-bond acceptors (Lipinski definition) is 3. The Morgan fingerprint density at radius 2 is 2.47 bits per heavy atom. The summed E-state index contributed by atoms with van der Waals surface area (Å²) in [5, 5.41) is 12.5.